The molecule has 0 saturated heterocycles. The van der Waals surface area contributed by atoms with Crippen molar-refractivity contribution >= 4 is 7.60 Å². The molecule has 0 aromatic carbocycles. The van der Waals surface area contributed by atoms with Crippen molar-refractivity contribution in [2.45, 2.75) is 50.0 Å². The second-order valence-electron chi connectivity index (χ2n) is 4.50. The van der Waals surface area contributed by atoms with Crippen LogP contribution in [-0.2, 0) is 4.57 Å². The van der Waals surface area contributed by atoms with Crippen LogP contribution in [-0.4, -0.2) is 42.7 Å². The van der Waals surface area contributed by atoms with Gasteiger partial charge in [0.2, 0.25) is 0 Å². The number of hydrogen-bond acceptors (Lipinski definition) is 4. The van der Waals surface area contributed by atoms with Crippen LogP contribution in [0.25, 0.3) is 0 Å². The number of aliphatic hydroxyl groups excluding tert-OH is 1. The fourth-order valence-electron chi connectivity index (χ4n) is 1.86. The highest BCUT2D eigenvalue weighted by atomic mass is 31.2. The van der Waals surface area contributed by atoms with Crippen LogP contribution < -0.4 is 0 Å². The maximum Gasteiger partial charge on any atom is 0.359 e. The van der Waals surface area contributed by atoms with Crippen LogP contribution >= 0.6 is 7.60 Å². The van der Waals surface area contributed by atoms with Gasteiger partial charge in [0.1, 0.15) is 5.60 Å². The first kappa shape index (κ1) is 17.8. The zero-order valence-electron chi connectivity index (χ0n) is 10.6. The Morgan fingerprint density at radius 1 is 1.28 bits per heavy atom. The van der Waals surface area contributed by atoms with Gasteiger partial charge in [0.25, 0.3) is 0 Å². The fourth-order valence-corrected chi connectivity index (χ4v) is 3.02. The monoisotopic (exact) mass is 282 g/mol. The molecule has 0 bridgehead atoms. The molecule has 2 unspecified atom stereocenters. The lowest BCUT2D eigenvalue weighted by molar-refractivity contribution is -0.139. The summed E-state index contributed by atoms with van der Waals surface area (Å²) < 4.78 is 11.5. The summed E-state index contributed by atoms with van der Waals surface area (Å²) in [6.07, 6.45) is 2.43. The molecule has 0 heterocycles. The maximum absolute atomic E-state index is 11.5. The molecule has 0 saturated carbocycles. The van der Waals surface area contributed by atoms with E-state index >= 15 is 0 Å². The molecule has 0 fully saturated rings. The fraction of sp³-hybridized carbons (Fsp3) is 0.818. The Morgan fingerprint density at radius 2 is 1.83 bits per heavy atom. The van der Waals surface area contributed by atoms with Gasteiger partial charge in [0.05, 0.1) is 6.61 Å². The SMILES string of the molecule is C=CCC(O)(CO)C(O)(CCCCC)P(=O)(O)O. The molecule has 0 radical (unpaired) electrons. The van der Waals surface area contributed by atoms with Gasteiger partial charge < -0.3 is 25.1 Å². The van der Waals surface area contributed by atoms with Crippen molar-refractivity contribution in [3.8, 4) is 0 Å². The van der Waals surface area contributed by atoms with E-state index in [1.807, 2.05) is 6.92 Å². The Labute approximate surface area is 107 Å². The minimum atomic E-state index is -5.00. The van der Waals surface area contributed by atoms with Crippen LogP contribution in [0.1, 0.15) is 39.0 Å². The summed E-state index contributed by atoms with van der Waals surface area (Å²) in [5.41, 5.74) is -2.29. The Balaban J connectivity index is 5.31. The van der Waals surface area contributed by atoms with E-state index in [4.69, 9.17) is 0 Å². The number of hydrogen-bond donors (Lipinski definition) is 5. The molecule has 6 nitrogen and oxygen atoms in total. The van der Waals surface area contributed by atoms with E-state index in [0.717, 1.165) is 6.42 Å². The van der Waals surface area contributed by atoms with E-state index in [1.54, 1.807) is 0 Å². The lowest BCUT2D eigenvalue weighted by Gasteiger charge is -2.42. The van der Waals surface area contributed by atoms with Gasteiger partial charge in [-0.1, -0.05) is 25.8 Å². The average molecular weight is 282 g/mol. The predicted molar refractivity (Wildman–Crippen MR) is 68.0 cm³/mol. The normalized spacial score (nSPS) is 19.0. The lowest BCUT2D eigenvalue weighted by atomic mass is 9.89. The minimum Gasteiger partial charge on any atom is -0.393 e. The highest BCUT2D eigenvalue weighted by Gasteiger charge is 2.59. The van der Waals surface area contributed by atoms with Gasteiger partial charge >= 0.3 is 7.60 Å². The van der Waals surface area contributed by atoms with Crippen LogP contribution in [0.3, 0.4) is 0 Å². The van der Waals surface area contributed by atoms with Crippen molar-refractivity contribution in [2.75, 3.05) is 6.61 Å². The van der Waals surface area contributed by atoms with E-state index in [1.165, 1.54) is 6.08 Å². The molecule has 0 rings (SSSR count). The topological polar surface area (TPSA) is 118 Å². The zero-order valence-corrected chi connectivity index (χ0v) is 11.5. The smallest absolute Gasteiger partial charge is 0.359 e. The molecule has 2 atom stereocenters. The van der Waals surface area contributed by atoms with Crippen LogP contribution in [0.2, 0.25) is 0 Å². The van der Waals surface area contributed by atoms with E-state index < -0.39 is 25.1 Å². The Morgan fingerprint density at radius 3 is 2.17 bits per heavy atom. The molecular weight excluding hydrogens is 259 g/mol. The average Bonchev–Trinajstić information content (AvgIpc) is 2.27. The molecule has 18 heavy (non-hydrogen) atoms. The molecule has 0 amide bonds. The summed E-state index contributed by atoms with van der Waals surface area (Å²) in [7, 11) is -5.00. The Bertz CT molecular complexity index is 315. The summed E-state index contributed by atoms with van der Waals surface area (Å²) in [4.78, 5) is 18.6. The van der Waals surface area contributed by atoms with Crippen LogP contribution in [0.5, 0.6) is 0 Å². The van der Waals surface area contributed by atoms with Crippen molar-refractivity contribution in [3.05, 3.63) is 12.7 Å². The first-order chi connectivity index (χ1) is 8.18. The molecular formula is C11H23O6P. The third-order valence-corrected chi connectivity index (χ3v) is 4.70. The summed E-state index contributed by atoms with van der Waals surface area (Å²) in [6.45, 7) is 4.30. The minimum absolute atomic E-state index is 0.282. The van der Waals surface area contributed by atoms with Gasteiger partial charge in [-0.05, 0) is 19.3 Å². The second-order valence-corrected chi connectivity index (χ2v) is 6.33. The van der Waals surface area contributed by atoms with E-state index in [9.17, 15) is 29.7 Å². The second kappa shape index (κ2) is 6.80. The van der Waals surface area contributed by atoms with Gasteiger partial charge in [-0.15, -0.1) is 6.58 Å². The van der Waals surface area contributed by atoms with E-state index in [2.05, 4.69) is 6.58 Å². The standard InChI is InChI=1S/C11H23O6P/c1-3-5-6-8-11(14,18(15,16)17)10(13,9-12)7-4-2/h4,12-14H,2-3,5-9H2,1H3,(H2,15,16,17). The molecule has 108 valence electrons. The van der Waals surface area contributed by atoms with Gasteiger partial charge in [-0.25, -0.2) is 0 Å². The van der Waals surface area contributed by atoms with Crippen LogP contribution in [0.15, 0.2) is 12.7 Å². The molecule has 7 heteroatoms. The largest absolute Gasteiger partial charge is 0.393 e. The molecule has 0 aliphatic rings. The van der Waals surface area contributed by atoms with Crippen LogP contribution in [0, 0.1) is 0 Å². The first-order valence-corrected chi connectivity index (χ1v) is 7.52. The van der Waals surface area contributed by atoms with Gasteiger partial charge in [-0.3, -0.25) is 4.57 Å². The number of aliphatic hydroxyl groups is 3. The quantitative estimate of drug-likeness (QED) is 0.242. The summed E-state index contributed by atoms with van der Waals surface area (Å²) in [5, 5.41) is 26.8. The van der Waals surface area contributed by atoms with Gasteiger partial charge in [0, 0.05) is 0 Å². The Kier molecular flexibility index (Phi) is 6.71. The number of rotatable bonds is 9. The molecule has 0 aromatic heterocycles. The Hall–Kier alpha value is -0.230. The molecule has 0 aliphatic heterocycles. The zero-order chi connectivity index (χ0) is 14.4. The van der Waals surface area contributed by atoms with Crippen molar-refractivity contribution < 1.29 is 29.7 Å². The predicted octanol–water partition coefficient (Wildman–Crippen LogP) is 0.732. The third-order valence-electron chi connectivity index (χ3n) is 3.10. The molecule has 0 aliphatic carbocycles. The van der Waals surface area contributed by atoms with Gasteiger partial charge in [0.15, 0.2) is 5.34 Å². The number of unbranched alkanes of at least 4 members (excludes halogenated alkanes) is 2. The highest BCUT2D eigenvalue weighted by molar-refractivity contribution is 7.53. The molecule has 0 spiro atoms. The van der Waals surface area contributed by atoms with E-state index in [0.29, 0.717) is 12.8 Å². The van der Waals surface area contributed by atoms with Crippen LogP contribution in [0.4, 0.5) is 0 Å². The summed E-state index contributed by atoms with van der Waals surface area (Å²) >= 11 is 0. The molecule has 5 N–H and O–H groups in total. The van der Waals surface area contributed by atoms with Gasteiger partial charge in [-0.2, -0.15) is 0 Å². The third kappa shape index (κ3) is 3.63. The summed E-state index contributed by atoms with van der Waals surface area (Å²) in [6, 6.07) is 0. The van der Waals surface area contributed by atoms with Crippen molar-refractivity contribution in [1.29, 1.82) is 0 Å². The van der Waals surface area contributed by atoms with Crippen molar-refractivity contribution in [2.24, 2.45) is 0 Å². The van der Waals surface area contributed by atoms with Crippen molar-refractivity contribution in [3.63, 3.8) is 0 Å². The maximum atomic E-state index is 11.5. The summed E-state index contributed by atoms with van der Waals surface area (Å²) in [5.74, 6) is 0. The lowest BCUT2D eigenvalue weighted by Crippen LogP contribution is -2.56. The molecule has 0 aromatic rings. The highest BCUT2D eigenvalue weighted by Crippen LogP contribution is 2.57. The van der Waals surface area contributed by atoms with Crippen molar-refractivity contribution in [1.82, 2.24) is 0 Å². The first-order valence-electron chi connectivity index (χ1n) is 5.90. The van der Waals surface area contributed by atoms with E-state index in [-0.39, 0.29) is 12.8 Å².